The van der Waals surface area contributed by atoms with Crippen LogP contribution in [-0.4, -0.2) is 43.3 Å². The highest BCUT2D eigenvalue weighted by Gasteiger charge is 2.24. The molecular weight excluding hydrogens is 519 g/mol. The number of nitrogens with one attached hydrogen (secondary N) is 1. The Morgan fingerprint density at radius 2 is 2.05 bits per heavy atom. The normalized spacial score (nSPS) is 16.4. The van der Waals surface area contributed by atoms with Crippen molar-refractivity contribution in [3.63, 3.8) is 0 Å². The van der Waals surface area contributed by atoms with Crippen molar-refractivity contribution in [1.29, 1.82) is 0 Å². The summed E-state index contributed by atoms with van der Waals surface area (Å²) in [6.07, 6.45) is 5.56. The number of fused-ring (bicyclic) bond motifs is 1. The molecule has 5 rings (SSSR count). The number of nitrogens with zero attached hydrogens (tertiary/aromatic N) is 3. The molecule has 10 heteroatoms. The zero-order valence-corrected chi connectivity index (χ0v) is 23.2. The van der Waals surface area contributed by atoms with Crippen molar-refractivity contribution >= 4 is 33.3 Å². The highest BCUT2D eigenvalue weighted by Crippen LogP contribution is 2.34. The molecule has 1 saturated heterocycles. The molecule has 1 amide bonds. The van der Waals surface area contributed by atoms with E-state index in [0.717, 1.165) is 6.42 Å². The minimum absolute atomic E-state index is 0.0424. The number of anilines is 1. The maximum Gasteiger partial charge on any atom is 0.228 e. The summed E-state index contributed by atoms with van der Waals surface area (Å²) in [6.45, 7) is 8.73. The molecule has 39 heavy (non-hydrogen) atoms. The van der Waals surface area contributed by atoms with Crippen LogP contribution in [-0.2, 0) is 32.3 Å². The molecule has 1 fully saturated rings. The van der Waals surface area contributed by atoms with E-state index >= 15 is 4.39 Å². The Kier molecular flexibility index (Phi) is 7.51. The van der Waals surface area contributed by atoms with Crippen molar-refractivity contribution in [2.45, 2.75) is 56.2 Å². The molecule has 1 aliphatic rings. The molecule has 2 atom stereocenters. The lowest BCUT2D eigenvalue weighted by molar-refractivity contribution is -0.115. The van der Waals surface area contributed by atoms with Gasteiger partial charge in [-0.25, -0.2) is 4.39 Å². The van der Waals surface area contributed by atoms with Crippen LogP contribution in [0, 0.1) is 12.7 Å². The number of rotatable bonds is 7. The maximum atomic E-state index is 15.3. The molecule has 1 N–H and O–H groups in total. The number of carbonyl (C=O) groups excluding carboxylic acids is 1. The molecule has 2 aromatic heterocycles. The van der Waals surface area contributed by atoms with E-state index in [9.17, 15) is 9.00 Å². The van der Waals surface area contributed by atoms with Crippen molar-refractivity contribution < 1.29 is 22.9 Å². The lowest BCUT2D eigenvalue weighted by Crippen LogP contribution is -2.22. The Morgan fingerprint density at radius 3 is 2.77 bits per heavy atom. The van der Waals surface area contributed by atoms with Crippen molar-refractivity contribution in [2.75, 3.05) is 18.5 Å². The second-order valence-corrected chi connectivity index (χ2v) is 12.3. The first-order valence-electron chi connectivity index (χ1n) is 12.8. The third kappa shape index (κ3) is 5.86. The highest BCUT2D eigenvalue weighted by molar-refractivity contribution is 7.85. The van der Waals surface area contributed by atoms with E-state index in [1.165, 1.54) is 0 Å². The number of benzene rings is 2. The Morgan fingerprint density at radius 1 is 1.23 bits per heavy atom. The van der Waals surface area contributed by atoms with Crippen LogP contribution in [0.5, 0.6) is 11.5 Å². The third-order valence-electron chi connectivity index (χ3n) is 6.64. The number of hydrogen-bond donors (Lipinski definition) is 1. The predicted octanol–water partition coefficient (Wildman–Crippen LogP) is 5.50. The molecule has 0 spiro atoms. The molecule has 4 aromatic rings. The second kappa shape index (κ2) is 10.9. The van der Waals surface area contributed by atoms with Crippen LogP contribution in [0.25, 0.3) is 10.9 Å². The largest absolute Gasteiger partial charge is 0.456 e. The number of ether oxygens (including phenoxy) is 2. The van der Waals surface area contributed by atoms with Crippen molar-refractivity contribution in [2.24, 2.45) is 0 Å². The smallest absolute Gasteiger partial charge is 0.228 e. The van der Waals surface area contributed by atoms with Crippen molar-refractivity contribution in [1.82, 2.24) is 14.8 Å². The Bertz CT molecular complexity index is 1560. The standard InChI is InChI=1S/C29H31FN4O4S/c1-18-25(8-5-19(28(18)30)13-27(35)33-20-15-32-34(16-20)29(2,3)4)38-26-9-11-31-24-7-6-21(14-23(24)26)39(36)22-10-12-37-17-22/h5-9,11,14-16,22H,10,12-13,17H2,1-4H3,(H,33,35). The van der Waals surface area contributed by atoms with Gasteiger partial charge in [0.05, 0.1) is 52.0 Å². The summed E-state index contributed by atoms with van der Waals surface area (Å²) in [7, 11) is -1.22. The topological polar surface area (TPSA) is 95.3 Å². The van der Waals surface area contributed by atoms with Crippen molar-refractivity contribution in [3.8, 4) is 11.5 Å². The molecule has 204 valence electrons. The number of amides is 1. The molecule has 0 aliphatic carbocycles. The maximum absolute atomic E-state index is 15.3. The van der Waals surface area contributed by atoms with Gasteiger partial charge in [0.2, 0.25) is 5.91 Å². The average Bonchev–Trinajstić information content (AvgIpc) is 3.61. The summed E-state index contributed by atoms with van der Waals surface area (Å²) in [5.41, 5.74) is 1.56. The average molecular weight is 551 g/mol. The molecule has 3 heterocycles. The Balaban J connectivity index is 1.34. The van der Waals surface area contributed by atoms with E-state index in [1.807, 2.05) is 39.0 Å². The zero-order valence-electron chi connectivity index (χ0n) is 22.4. The second-order valence-electron chi connectivity index (χ2n) is 10.6. The van der Waals surface area contributed by atoms with Crippen LogP contribution in [0.1, 0.15) is 38.3 Å². The van der Waals surface area contributed by atoms with Gasteiger partial charge < -0.3 is 14.8 Å². The number of carbonyl (C=O) groups is 1. The molecule has 0 radical (unpaired) electrons. The van der Waals surface area contributed by atoms with Gasteiger partial charge >= 0.3 is 0 Å². The molecule has 0 saturated carbocycles. The lowest BCUT2D eigenvalue weighted by Gasteiger charge is -2.18. The molecule has 2 aromatic carbocycles. The zero-order chi connectivity index (χ0) is 27.7. The number of halogens is 1. The van der Waals surface area contributed by atoms with Gasteiger partial charge in [-0.05, 0) is 70.0 Å². The summed E-state index contributed by atoms with van der Waals surface area (Å²) in [5.74, 6) is -0.0464. The number of pyridine rings is 1. The summed E-state index contributed by atoms with van der Waals surface area (Å²) in [4.78, 5) is 17.7. The fourth-order valence-electron chi connectivity index (χ4n) is 4.41. The Labute approximate surface area is 229 Å². The van der Waals surface area contributed by atoms with Crippen LogP contribution in [0.15, 0.2) is 59.9 Å². The number of hydrogen-bond acceptors (Lipinski definition) is 6. The Hall–Kier alpha value is -3.63. The van der Waals surface area contributed by atoms with Crippen molar-refractivity contribution in [3.05, 3.63) is 71.9 Å². The monoisotopic (exact) mass is 550 g/mol. The molecule has 2 unspecified atom stereocenters. The predicted molar refractivity (Wildman–Crippen MR) is 148 cm³/mol. The summed E-state index contributed by atoms with van der Waals surface area (Å²) >= 11 is 0. The van der Waals surface area contributed by atoms with Crippen LogP contribution >= 0.6 is 0 Å². The first-order chi connectivity index (χ1) is 18.6. The first-order valence-corrected chi connectivity index (χ1v) is 14.0. The SMILES string of the molecule is Cc1c(Oc2ccnc3ccc(S(=O)C4CCOC4)cc23)ccc(CC(=O)Nc2cnn(C(C)(C)C)c2)c1F. The lowest BCUT2D eigenvalue weighted by atomic mass is 10.1. The van der Waals surface area contributed by atoms with Crippen LogP contribution in [0.3, 0.4) is 0 Å². The summed E-state index contributed by atoms with van der Waals surface area (Å²) in [5, 5.41) is 7.69. The van der Waals surface area contributed by atoms with Gasteiger partial charge in [0.25, 0.3) is 0 Å². The van der Waals surface area contributed by atoms with Crippen LogP contribution < -0.4 is 10.1 Å². The first kappa shape index (κ1) is 27.0. The van der Waals surface area contributed by atoms with E-state index < -0.39 is 16.6 Å². The van der Waals surface area contributed by atoms with Gasteiger partial charge in [-0.15, -0.1) is 0 Å². The quantitative estimate of drug-likeness (QED) is 0.326. The van der Waals surface area contributed by atoms with E-state index in [-0.39, 0.29) is 34.2 Å². The van der Waals surface area contributed by atoms with Gasteiger partial charge in [0.1, 0.15) is 17.3 Å². The summed E-state index contributed by atoms with van der Waals surface area (Å²) < 4.78 is 41.7. The van der Waals surface area contributed by atoms with Gasteiger partial charge in [-0.1, -0.05) is 6.07 Å². The van der Waals surface area contributed by atoms with E-state index in [2.05, 4.69) is 15.4 Å². The van der Waals surface area contributed by atoms with Gasteiger partial charge in [0.15, 0.2) is 0 Å². The molecular formula is C29H31FN4O4S. The van der Waals surface area contributed by atoms with Crippen LogP contribution in [0.2, 0.25) is 0 Å². The summed E-state index contributed by atoms with van der Waals surface area (Å²) in [6, 6.07) is 10.4. The van der Waals surface area contributed by atoms with Gasteiger partial charge in [-0.2, -0.15) is 5.10 Å². The van der Waals surface area contributed by atoms with Gasteiger partial charge in [-0.3, -0.25) is 18.7 Å². The van der Waals surface area contributed by atoms with Crippen LogP contribution in [0.4, 0.5) is 10.1 Å². The van der Waals surface area contributed by atoms with E-state index in [0.29, 0.717) is 46.2 Å². The molecule has 8 nitrogen and oxygen atoms in total. The minimum Gasteiger partial charge on any atom is -0.456 e. The van der Waals surface area contributed by atoms with E-state index in [4.69, 9.17) is 9.47 Å². The molecule has 0 bridgehead atoms. The highest BCUT2D eigenvalue weighted by atomic mass is 32.2. The minimum atomic E-state index is -1.22. The number of aromatic nitrogens is 3. The van der Waals surface area contributed by atoms with Gasteiger partial charge in [0, 0.05) is 34.8 Å². The van der Waals surface area contributed by atoms with E-state index in [1.54, 1.807) is 48.4 Å². The fraction of sp³-hybridized carbons (Fsp3) is 0.345. The third-order valence-corrected chi connectivity index (χ3v) is 8.33. The fourth-order valence-corrected chi connectivity index (χ4v) is 5.76. The molecule has 1 aliphatic heterocycles.